The number of hydrogen-bond donors (Lipinski definition) is 2. The smallest absolute Gasteiger partial charge is 0.126 e. The fourth-order valence-corrected chi connectivity index (χ4v) is 1.79. The molecule has 90 valence electrons. The lowest BCUT2D eigenvalue weighted by molar-refractivity contribution is 0.283. The van der Waals surface area contributed by atoms with Crippen LogP contribution in [0.25, 0.3) is 10.9 Å². The maximum absolute atomic E-state index is 8.67. The molecule has 1 aromatic heterocycles. The van der Waals surface area contributed by atoms with Crippen molar-refractivity contribution in [1.82, 2.24) is 4.98 Å². The fraction of sp³-hybridized carbons (Fsp3) is 0.357. The van der Waals surface area contributed by atoms with Crippen molar-refractivity contribution < 1.29 is 5.11 Å². The maximum atomic E-state index is 8.67. The van der Waals surface area contributed by atoms with E-state index in [1.54, 1.807) is 0 Å². The summed E-state index contributed by atoms with van der Waals surface area (Å²) in [5.41, 5.74) is 1.02. The van der Waals surface area contributed by atoms with Crippen LogP contribution in [0.4, 0.5) is 5.82 Å². The monoisotopic (exact) mass is 230 g/mol. The van der Waals surface area contributed by atoms with E-state index in [0.717, 1.165) is 37.1 Å². The summed E-state index contributed by atoms with van der Waals surface area (Å²) in [6.07, 6.45) is 3.00. The predicted octanol–water partition coefficient (Wildman–Crippen LogP) is 2.81. The van der Waals surface area contributed by atoms with Gasteiger partial charge in [-0.2, -0.15) is 0 Å². The van der Waals surface area contributed by atoms with Crippen molar-refractivity contribution in [2.75, 3.05) is 18.5 Å². The van der Waals surface area contributed by atoms with E-state index < -0.39 is 0 Å². The molecule has 0 saturated carbocycles. The number of aromatic nitrogens is 1. The van der Waals surface area contributed by atoms with Gasteiger partial charge in [0.05, 0.1) is 5.52 Å². The zero-order chi connectivity index (χ0) is 11.9. The molecular weight excluding hydrogens is 212 g/mol. The average Bonchev–Trinajstić information content (AvgIpc) is 2.38. The highest BCUT2D eigenvalue weighted by atomic mass is 16.2. The summed E-state index contributed by atoms with van der Waals surface area (Å²) in [4.78, 5) is 4.53. The number of fused-ring (bicyclic) bond motifs is 1. The highest BCUT2D eigenvalue weighted by Gasteiger charge is 1.96. The zero-order valence-corrected chi connectivity index (χ0v) is 9.89. The molecule has 0 aliphatic heterocycles. The summed E-state index contributed by atoms with van der Waals surface area (Å²) in [6, 6.07) is 12.2. The van der Waals surface area contributed by atoms with Gasteiger partial charge in [0.25, 0.3) is 0 Å². The van der Waals surface area contributed by atoms with Crippen molar-refractivity contribution >= 4 is 16.7 Å². The van der Waals surface area contributed by atoms with Crippen LogP contribution in [0, 0.1) is 0 Å². The summed E-state index contributed by atoms with van der Waals surface area (Å²) >= 11 is 0. The van der Waals surface area contributed by atoms with E-state index in [0.29, 0.717) is 0 Å². The zero-order valence-electron chi connectivity index (χ0n) is 9.89. The van der Waals surface area contributed by atoms with E-state index in [9.17, 15) is 0 Å². The molecule has 0 saturated heterocycles. The Morgan fingerprint density at radius 2 is 1.88 bits per heavy atom. The molecule has 0 aliphatic rings. The number of anilines is 1. The Bertz CT molecular complexity index is 470. The van der Waals surface area contributed by atoms with E-state index in [-0.39, 0.29) is 6.61 Å². The second-order valence-corrected chi connectivity index (χ2v) is 4.10. The van der Waals surface area contributed by atoms with Crippen molar-refractivity contribution in [3.8, 4) is 0 Å². The van der Waals surface area contributed by atoms with Crippen LogP contribution >= 0.6 is 0 Å². The number of aliphatic hydroxyl groups excluding tert-OH is 1. The fourth-order valence-electron chi connectivity index (χ4n) is 1.79. The van der Waals surface area contributed by atoms with E-state index >= 15 is 0 Å². The number of rotatable bonds is 6. The van der Waals surface area contributed by atoms with Crippen LogP contribution in [0.1, 0.15) is 19.3 Å². The van der Waals surface area contributed by atoms with Gasteiger partial charge in [0.2, 0.25) is 0 Å². The van der Waals surface area contributed by atoms with E-state index in [1.807, 2.05) is 24.3 Å². The van der Waals surface area contributed by atoms with Crippen LogP contribution in [0.15, 0.2) is 36.4 Å². The van der Waals surface area contributed by atoms with Crippen molar-refractivity contribution in [1.29, 1.82) is 0 Å². The number of para-hydroxylation sites is 1. The highest BCUT2D eigenvalue weighted by Crippen LogP contribution is 2.14. The lowest BCUT2D eigenvalue weighted by atomic mass is 10.2. The Morgan fingerprint density at radius 3 is 2.76 bits per heavy atom. The molecule has 2 rings (SSSR count). The molecule has 2 N–H and O–H groups in total. The first-order valence-corrected chi connectivity index (χ1v) is 6.11. The number of nitrogens with zero attached hydrogens (tertiary/aromatic N) is 1. The van der Waals surface area contributed by atoms with Crippen LogP contribution in [0.2, 0.25) is 0 Å². The molecule has 1 heterocycles. The Balaban J connectivity index is 1.90. The summed E-state index contributed by atoms with van der Waals surface area (Å²) < 4.78 is 0. The van der Waals surface area contributed by atoms with Crippen LogP contribution in [0.3, 0.4) is 0 Å². The van der Waals surface area contributed by atoms with Crippen LogP contribution in [0.5, 0.6) is 0 Å². The molecule has 1 aromatic carbocycles. The van der Waals surface area contributed by atoms with Crippen LogP contribution < -0.4 is 5.32 Å². The van der Waals surface area contributed by atoms with E-state index in [4.69, 9.17) is 5.11 Å². The third kappa shape index (κ3) is 3.43. The molecule has 0 amide bonds. The molecule has 0 aliphatic carbocycles. The summed E-state index contributed by atoms with van der Waals surface area (Å²) in [5, 5.41) is 13.1. The molecule has 17 heavy (non-hydrogen) atoms. The Morgan fingerprint density at radius 1 is 1.00 bits per heavy atom. The van der Waals surface area contributed by atoms with E-state index in [1.165, 1.54) is 5.39 Å². The summed E-state index contributed by atoms with van der Waals surface area (Å²) in [7, 11) is 0. The Hall–Kier alpha value is -1.61. The predicted molar refractivity (Wildman–Crippen MR) is 71.2 cm³/mol. The summed E-state index contributed by atoms with van der Waals surface area (Å²) in [5.74, 6) is 0.924. The number of unbranched alkanes of at least 4 members (excludes halogenated alkanes) is 2. The Kier molecular flexibility index (Phi) is 4.33. The quantitative estimate of drug-likeness (QED) is 0.750. The van der Waals surface area contributed by atoms with Gasteiger partial charge in [-0.3, -0.25) is 0 Å². The first-order chi connectivity index (χ1) is 8.40. The van der Waals surface area contributed by atoms with Gasteiger partial charge in [0.1, 0.15) is 5.82 Å². The molecule has 0 spiro atoms. The molecule has 0 fully saturated rings. The first-order valence-electron chi connectivity index (χ1n) is 6.11. The van der Waals surface area contributed by atoms with Crippen LogP contribution in [-0.2, 0) is 0 Å². The van der Waals surface area contributed by atoms with Crippen molar-refractivity contribution in [2.24, 2.45) is 0 Å². The van der Waals surface area contributed by atoms with E-state index in [2.05, 4.69) is 22.4 Å². The van der Waals surface area contributed by atoms with Gasteiger partial charge < -0.3 is 10.4 Å². The Labute approximate surface area is 102 Å². The molecule has 0 unspecified atom stereocenters. The molecule has 2 aromatic rings. The second-order valence-electron chi connectivity index (χ2n) is 4.10. The maximum Gasteiger partial charge on any atom is 0.126 e. The van der Waals surface area contributed by atoms with Crippen molar-refractivity contribution in [3.05, 3.63) is 36.4 Å². The minimum absolute atomic E-state index is 0.286. The molecular formula is C14H18N2O. The minimum atomic E-state index is 0.286. The number of benzene rings is 1. The lowest BCUT2D eigenvalue weighted by Gasteiger charge is -2.06. The number of nitrogens with one attached hydrogen (secondary N) is 1. The summed E-state index contributed by atoms with van der Waals surface area (Å²) in [6.45, 7) is 1.19. The van der Waals surface area contributed by atoms with Gasteiger partial charge in [-0.05, 0) is 37.5 Å². The normalized spacial score (nSPS) is 10.6. The first kappa shape index (κ1) is 11.9. The number of hydrogen-bond acceptors (Lipinski definition) is 3. The van der Waals surface area contributed by atoms with Gasteiger partial charge in [0, 0.05) is 18.5 Å². The highest BCUT2D eigenvalue weighted by molar-refractivity contribution is 5.79. The SMILES string of the molecule is OCCCCCNc1ccc2ccccc2n1. The van der Waals surface area contributed by atoms with Gasteiger partial charge in [-0.15, -0.1) is 0 Å². The third-order valence-electron chi connectivity index (χ3n) is 2.74. The molecule has 0 radical (unpaired) electrons. The van der Waals surface area contributed by atoms with Gasteiger partial charge >= 0.3 is 0 Å². The molecule has 3 nitrogen and oxygen atoms in total. The lowest BCUT2D eigenvalue weighted by Crippen LogP contribution is -2.03. The standard InChI is InChI=1S/C14H18N2O/c17-11-5-1-4-10-15-14-9-8-12-6-2-3-7-13(12)16-14/h2-3,6-9,17H,1,4-5,10-11H2,(H,15,16). The van der Waals surface area contributed by atoms with Crippen molar-refractivity contribution in [2.45, 2.75) is 19.3 Å². The topological polar surface area (TPSA) is 45.1 Å². The molecule has 0 bridgehead atoms. The minimum Gasteiger partial charge on any atom is -0.396 e. The average molecular weight is 230 g/mol. The molecule has 0 atom stereocenters. The second kappa shape index (κ2) is 6.21. The number of pyridine rings is 1. The molecule has 3 heteroatoms. The van der Waals surface area contributed by atoms with Gasteiger partial charge in [-0.1, -0.05) is 18.2 Å². The largest absolute Gasteiger partial charge is 0.396 e. The van der Waals surface area contributed by atoms with Gasteiger partial charge in [0.15, 0.2) is 0 Å². The van der Waals surface area contributed by atoms with Crippen molar-refractivity contribution in [3.63, 3.8) is 0 Å². The third-order valence-corrected chi connectivity index (χ3v) is 2.74. The van der Waals surface area contributed by atoms with Gasteiger partial charge in [-0.25, -0.2) is 4.98 Å². The van der Waals surface area contributed by atoms with Crippen LogP contribution in [-0.4, -0.2) is 23.2 Å². The number of aliphatic hydroxyl groups is 1.